The van der Waals surface area contributed by atoms with Crippen LogP contribution >= 0.6 is 0 Å². The smallest absolute Gasteiger partial charge is 0.321 e. The van der Waals surface area contributed by atoms with Crippen LogP contribution in [-0.2, 0) is 35.1 Å². The molecule has 2 aliphatic heterocycles. The van der Waals surface area contributed by atoms with Crippen molar-refractivity contribution in [3.63, 3.8) is 0 Å². The average Bonchev–Trinajstić information content (AvgIpc) is 2.98. The quantitative estimate of drug-likeness (QED) is 0.572. The van der Waals surface area contributed by atoms with Gasteiger partial charge in [-0.15, -0.1) is 0 Å². The first-order valence-corrected chi connectivity index (χ1v) is 7.58. The summed E-state index contributed by atoms with van der Waals surface area (Å²) in [6.07, 6.45) is 0.457. The van der Waals surface area contributed by atoms with Gasteiger partial charge in [0.1, 0.15) is 0 Å². The number of fused-ring (bicyclic) bond motifs is 2. The Morgan fingerprint density at radius 2 is 1.74 bits per heavy atom. The van der Waals surface area contributed by atoms with Crippen molar-refractivity contribution in [2.45, 2.75) is 31.6 Å². The summed E-state index contributed by atoms with van der Waals surface area (Å²) < 4.78 is 9.37. The third-order valence-electron chi connectivity index (χ3n) is 5.12. The normalized spacial score (nSPS) is 32.4. The molecule has 3 aliphatic rings. The summed E-state index contributed by atoms with van der Waals surface area (Å²) in [6.45, 7) is 1.91. The van der Waals surface area contributed by atoms with Gasteiger partial charge in [0.25, 0.3) is 0 Å². The van der Waals surface area contributed by atoms with Gasteiger partial charge in [0.15, 0.2) is 0 Å². The maximum atomic E-state index is 11.9. The lowest BCUT2D eigenvalue weighted by Gasteiger charge is -2.30. The van der Waals surface area contributed by atoms with Gasteiger partial charge in [-0.3, -0.25) is 19.2 Å². The Morgan fingerprint density at radius 1 is 0.957 bits per heavy atom. The van der Waals surface area contributed by atoms with Crippen LogP contribution in [0.2, 0.25) is 0 Å². The van der Waals surface area contributed by atoms with Crippen molar-refractivity contribution in [2.24, 2.45) is 11.8 Å². The van der Waals surface area contributed by atoms with Gasteiger partial charge in [0.2, 0.25) is 0 Å². The molecule has 4 rings (SSSR count). The SMILES string of the molecule is CC1c2ccc(C3CC(=O)OC3=O)cc2CC2C(=O)OC(=O)C21. The number of benzene rings is 1. The monoisotopic (exact) mass is 314 g/mol. The van der Waals surface area contributed by atoms with Crippen molar-refractivity contribution in [1.82, 2.24) is 0 Å². The molecule has 0 saturated carbocycles. The molecule has 23 heavy (non-hydrogen) atoms. The van der Waals surface area contributed by atoms with Gasteiger partial charge in [0, 0.05) is 0 Å². The zero-order valence-corrected chi connectivity index (χ0v) is 12.4. The number of cyclic esters (lactones) is 4. The van der Waals surface area contributed by atoms with Crippen LogP contribution in [0.5, 0.6) is 0 Å². The molecular formula is C17H14O6. The summed E-state index contributed by atoms with van der Waals surface area (Å²) in [4.78, 5) is 46.7. The summed E-state index contributed by atoms with van der Waals surface area (Å²) in [7, 11) is 0. The molecule has 1 aliphatic carbocycles. The zero-order valence-electron chi connectivity index (χ0n) is 12.4. The molecule has 4 atom stereocenters. The minimum atomic E-state index is -0.585. The standard InChI is InChI=1S/C17H14O6/c1-7-10-3-2-8(11-6-13(18)22-15(11)19)4-9(10)5-12-14(7)17(21)23-16(12)20/h2-4,7,11-12,14H,5-6H2,1H3. The van der Waals surface area contributed by atoms with Crippen LogP contribution in [0.25, 0.3) is 0 Å². The predicted octanol–water partition coefficient (Wildman–Crippen LogP) is 1.22. The highest BCUT2D eigenvalue weighted by atomic mass is 16.6. The van der Waals surface area contributed by atoms with E-state index in [0.29, 0.717) is 12.0 Å². The van der Waals surface area contributed by atoms with E-state index in [2.05, 4.69) is 4.74 Å². The molecule has 4 unspecified atom stereocenters. The van der Waals surface area contributed by atoms with Gasteiger partial charge in [-0.2, -0.15) is 0 Å². The Bertz CT molecular complexity index is 764. The van der Waals surface area contributed by atoms with Gasteiger partial charge >= 0.3 is 23.9 Å². The van der Waals surface area contributed by atoms with E-state index in [0.717, 1.165) is 11.1 Å². The highest BCUT2D eigenvalue weighted by Gasteiger charge is 2.50. The van der Waals surface area contributed by atoms with Crippen molar-refractivity contribution >= 4 is 23.9 Å². The van der Waals surface area contributed by atoms with Crippen LogP contribution < -0.4 is 0 Å². The highest BCUT2D eigenvalue weighted by Crippen LogP contribution is 2.44. The molecule has 0 bridgehead atoms. The second-order valence-electron chi connectivity index (χ2n) is 6.37. The number of rotatable bonds is 1. The second-order valence-corrected chi connectivity index (χ2v) is 6.37. The fraction of sp³-hybridized carbons (Fsp3) is 0.412. The summed E-state index contributed by atoms with van der Waals surface area (Å²) >= 11 is 0. The summed E-state index contributed by atoms with van der Waals surface area (Å²) in [5.74, 6) is -3.57. The largest absolute Gasteiger partial charge is 0.393 e. The van der Waals surface area contributed by atoms with E-state index in [1.807, 2.05) is 19.1 Å². The number of carbonyl (C=O) groups excluding carboxylic acids is 4. The van der Waals surface area contributed by atoms with Crippen molar-refractivity contribution in [2.75, 3.05) is 0 Å². The van der Waals surface area contributed by atoms with Gasteiger partial charge in [0.05, 0.1) is 24.2 Å². The highest BCUT2D eigenvalue weighted by molar-refractivity contribution is 5.98. The third-order valence-corrected chi connectivity index (χ3v) is 5.12. The van der Waals surface area contributed by atoms with Crippen molar-refractivity contribution in [1.29, 1.82) is 0 Å². The third kappa shape index (κ3) is 2.01. The van der Waals surface area contributed by atoms with Gasteiger partial charge in [-0.1, -0.05) is 25.1 Å². The molecule has 0 aromatic heterocycles. The number of hydrogen-bond acceptors (Lipinski definition) is 6. The molecule has 2 heterocycles. The lowest BCUT2D eigenvalue weighted by molar-refractivity contribution is -0.155. The number of hydrogen-bond donors (Lipinski definition) is 0. The summed E-state index contributed by atoms with van der Waals surface area (Å²) in [5, 5.41) is 0. The lowest BCUT2D eigenvalue weighted by Crippen LogP contribution is -2.30. The molecule has 0 radical (unpaired) electrons. The van der Waals surface area contributed by atoms with Gasteiger partial charge < -0.3 is 9.47 Å². The van der Waals surface area contributed by atoms with Gasteiger partial charge in [-0.05, 0) is 29.0 Å². The van der Waals surface area contributed by atoms with E-state index >= 15 is 0 Å². The first kappa shape index (κ1) is 14.1. The van der Waals surface area contributed by atoms with E-state index in [-0.39, 0.29) is 12.3 Å². The van der Waals surface area contributed by atoms with Crippen molar-refractivity contribution in [3.8, 4) is 0 Å². The second kappa shape index (κ2) is 4.75. The van der Waals surface area contributed by atoms with Crippen molar-refractivity contribution < 1.29 is 28.7 Å². The minimum Gasteiger partial charge on any atom is -0.393 e. The Labute approximate surface area is 131 Å². The molecule has 6 nitrogen and oxygen atoms in total. The molecule has 118 valence electrons. The van der Waals surface area contributed by atoms with E-state index in [1.165, 1.54) is 0 Å². The van der Waals surface area contributed by atoms with E-state index < -0.39 is 41.6 Å². The number of carbonyl (C=O) groups is 4. The molecule has 2 fully saturated rings. The van der Waals surface area contributed by atoms with Crippen LogP contribution in [0.15, 0.2) is 18.2 Å². The van der Waals surface area contributed by atoms with Crippen molar-refractivity contribution in [3.05, 3.63) is 34.9 Å². The molecule has 0 spiro atoms. The van der Waals surface area contributed by atoms with E-state index in [1.54, 1.807) is 6.07 Å². The lowest BCUT2D eigenvalue weighted by atomic mass is 9.70. The Hall–Kier alpha value is -2.50. The minimum absolute atomic E-state index is 0.0414. The van der Waals surface area contributed by atoms with Crippen LogP contribution in [0.4, 0.5) is 0 Å². The molecule has 1 aromatic carbocycles. The fourth-order valence-corrected chi connectivity index (χ4v) is 3.94. The van der Waals surface area contributed by atoms with E-state index in [9.17, 15) is 19.2 Å². The summed E-state index contributed by atoms with van der Waals surface area (Å²) in [5.41, 5.74) is 2.62. The Balaban J connectivity index is 1.72. The van der Waals surface area contributed by atoms with E-state index in [4.69, 9.17) is 4.74 Å². The average molecular weight is 314 g/mol. The topological polar surface area (TPSA) is 86.7 Å². The molecule has 0 amide bonds. The maximum Gasteiger partial charge on any atom is 0.321 e. The molecule has 2 saturated heterocycles. The van der Waals surface area contributed by atoms with Crippen LogP contribution in [0.1, 0.15) is 41.9 Å². The predicted molar refractivity (Wildman–Crippen MR) is 75.1 cm³/mol. The number of ether oxygens (including phenoxy) is 2. The molecule has 6 heteroatoms. The first-order valence-electron chi connectivity index (χ1n) is 7.58. The first-order chi connectivity index (χ1) is 11.0. The van der Waals surface area contributed by atoms with Gasteiger partial charge in [-0.25, -0.2) is 0 Å². The molecule has 0 N–H and O–H groups in total. The Morgan fingerprint density at radius 3 is 2.43 bits per heavy atom. The fourth-order valence-electron chi connectivity index (χ4n) is 3.94. The zero-order chi connectivity index (χ0) is 16.3. The Kier molecular flexibility index (Phi) is 2.91. The molecular weight excluding hydrogens is 300 g/mol. The van der Waals surface area contributed by atoms with Crippen LogP contribution in [-0.4, -0.2) is 23.9 Å². The number of esters is 4. The summed E-state index contributed by atoms with van der Waals surface area (Å²) in [6, 6.07) is 5.52. The van der Waals surface area contributed by atoms with Crippen LogP contribution in [0, 0.1) is 11.8 Å². The maximum absolute atomic E-state index is 11.9. The molecule has 1 aromatic rings. The van der Waals surface area contributed by atoms with Crippen LogP contribution in [0.3, 0.4) is 0 Å².